The number of ether oxygens (including phenoxy) is 1. The van der Waals surface area contributed by atoms with Gasteiger partial charge < -0.3 is 15.4 Å². The number of anilines is 1. The van der Waals surface area contributed by atoms with Gasteiger partial charge in [0, 0.05) is 18.8 Å². The summed E-state index contributed by atoms with van der Waals surface area (Å²) in [6.07, 6.45) is -4.49. The van der Waals surface area contributed by atoms with Crippen LogP contribution in [-0.2, 0) is 22.3 Å². The first-order valence-electron chi connectivity index (χ1n) is 5.69. The number of nitrogens with two attached hydrogens (primary N) is 1. The molecule has 1 saturated heterocycles. The highest BCUT2D eigenvalue weighted by Crippen LogP contribution is 2.34. The number of nitrogen functional groups attached to an aromatic ring is 1. The van der Waals surface area contributed by atoms with Crippen LogP contribution in [0.15, 0.2) is 18.2 Å². The molecule has 7 heteroatoms. The monoisotopic (exact) mass is 274 g/mol. The molecule has 1 aliphatic heterocycles. The highest BCUT2D eigenvalue weighted by Gasteiger charge is 2.34. The number of alkyl halides is 3. The van der Waals surface area contributed by atoms with Crippen LogP contribution in [0.3, 0.4) is 0 Å². The van der Waals surface area contributed by atoms with E-state index in [-0.39, 0.29) is 30.3 Å². The topological polar surface area (TPSA) is 55.6 Å². The van der Waals surface area contributed by atoms with Crippen molar-refractivity contribution in [3.8, 4) is 0 Å². The molecule has 0 spiro atoms. The Bertz CT molecular complexity index is 488. The minimum atomic E-state index is -4.49. The van der Waals surface area contributed by atoms with Gasteiger partial charge in [-0.15, -0.1) is 0 Å². The van der Waals surface area contributed by atoms with E-state index < -0.39 is 11.7 Å². The van der Waals surface area contributed by atoms with E-state index in [9.17, 15) is 18.0 Å². The number of carbonyl (C=O) groups is 1. The molecule has 4 nitrogen and oxygen atoms in total. The zero-order valence-electron chi connectivity index (χ0n) is 10.0. The molecule has 2 rings (SSSR count). The van der Waals surface area contributed by atoms with Crippen molar-refractivity contribution in [3.05, 3.63) is 29.3 Å². The van der Waals surface area contributed by atoms with Gasteiger partial charge >= 0.3 is 6.18 Å². The van der Waals surface area contributed by atoms with Crippen molar-refractivity contribution < 1.29 is 22.7 Å². The molecule has 0 bridgehead atoms. The van der Waals surface area contributed by atoms with Gasteiger partial charge in [0.05, 0.1) is 12.2 Å². The van der Waals surface area contributed by atoms with Crippen molar-refractivity contribution in [2.24, 2.45) is 0 Å². The maximum atomic E-state index is 12.9. The van der Waals surface area contributed by atoms with Gasteiger partial charge in [0.1, 0.15) is 6.61 Å². The molecule has 19 heavy (non-hydrogen) atoms. The van der Waals surface area contributed by atoms with E-state index in [1.54, 1.807) is 0 Å². The second kappa shape index (κ2) is 5.08. The van der Waals surface area contributed by atoms with Crippen molar-refractivity contribution in [2.75, 3.05) is 25.5 Å². The van der Waals surface area contributed by atoms with Gasteiger partial charge in [0.15, 0.2) is 0 Å². The number of amides is 1. The zero-order chi connectivity index (χ0) is 14.0. The van der Waals surface area contributed by atoms with Gasteiger partial charge in [0.2, 0.25) is 5.91 Å². The molecule has 1 aromatic carbocycles. The molecule has 0 saturated carbocycles. The fourth-order valence-corrected chi connectivity index (χ4v) is 1.92. The van der Waals surface area contributed by atoms with E-state index in [4.69, 9.17) is 10.5 Å². The minimum Gasteiger partial charge on any atom is -0.399 e. The fourth-order valence-electron chi connectivity index (χ4n) is 1.92. The van der Waals surface area contributed by atoms with Gasteiger partial charge in [-0.25, -0.2) is 0 Å². The van der Waals surface area contributed by atoms with Crippen molar-refractivity contribution in [1.82, 2.24) is 4.90 Å². The van der Waals surface area contributed by atoms with Gasteiger partial charge in [-0.2, -0.15) is 13.2 Å². The first-order chi connectivity index (χ1) is 8.88. The third-order valence-electron chi connectivity index (χ3n) is 2.88. The lowest BCUT2D eigenvalue weighted by Crippen LogP contribution is -2.41. The predicted octanol–water partition coefficient (Wildman–Crippen LogP) is 1.65. The van der Waals surface area contributed by atoms with Crippen LogP contribution in [0.4, 0.5) is 18.9 Å². The lowest BCUT2D eigenvalue weighted by molar-refractivity contribution is -0.145. The van der Waals surface area contributed by atoms with E-state index in [0.29, 0.717) is 13.2 Å². The Kier molecular flexibility index (Phi) is 3.66. The van der Waals surface area contributed by atoms with Crippen LogP contribution in [0.1, 0.15) is 11.1 Å². The van der Waals surface area contributed by atoms with Gasteiger partial charge in [-0.05, 0) is 17.7 Å². The molecule has 0 aliphatic carbocycles. The molecular weight excluding hydrogens is 261 g/mol. The lowest BCUT2D eigenvalue weighted by atomic mass is 10.1. The van der Waals surface area contributed by atoms with Crippen LogP contribution in [0.25, 0.3) is 0 Å². The van der Waals surface area contributed by atoms with Crippen molar-refractivity contribution in [3.63, 3.8) is 0 Å². The van der Waals surface area contributed by atoms with E-state index in [0.717, 1.165) is 6.07 Å². The van der Waals surface area contributed by atoms with Crippen LogP contribution in [0.5, 0.6) is 0 Å². The number of nitrogens with zero attached hydrogens (tertiary/aromatic N) is 1. The lowest BCUT2D eigenvalue weighted by Gasteiger charge is -2.28. The summed E-state index contributed by atoms with van der Waals surface area (Å²) in [6.45, 7) is 0.455. The quantitative estimate of drug-likeness (QED) is 0.834. The van der Waals surface area contributed by atoms with E-state index in [2.05, 4.69) is 0 Å². The smallest absolute Gasteiger partial charge is 0.399 e. The summed E-state index contributed by atoms with van der Waals surface area (Å²) in [5, 5.41) is 0. The molecule has 1 aromatic rings. The number of rotatable bonds is 2. The van der Waals surface area contributed by atoms with Crippen LogP contribution in [0.2, 0.25) is 0 Å². The van der Waals surface area contributed by atoms with Crippen LogP contribution in [0, 0.1) is 0 Å². The largest absolute Gasteiger partial charge is 0.416 e. The molecule has 0 radical (unpaired) electrons. The molecule has 1 heterocycles. The van der Waals surface area contributed by atoms with E-state index in [1.165, 1.54) is 17.0 Å². The van der Waals surface area contributed by atoms with Crippen molar-refractivity contribution >= 4 is 11.6 Å². The van der Waals surface area contributed by atoms with Gasteiger partial charge in [-0.1, -0.05) is 6.07 Å². The summed E-state index contributed by atoms with van der Waals surface area (Å²) >= 11 is 0. The Labute approximate surface area is 107 Å². The standard InChI is InChI=1S/C12H13F3N2O2/c13-12(14,15)10-5-9(16)2-1-8(10)6-17-3-4-19-7-11(17)18/h1-2,5H,3-4,6-7,16H2. The Morgan fingerprint density at radius 2 is 2.11 bits per heavy atom. The molecule has 1 aliphatic rings. The van der Waals surface area contributed by atoms with E-state index in [1.807, 2.05) is 0 Å². The molecule has 1 amide bonds. The number of hydrogen-bond acceptors (Lipinski definition) is 3. The zero-order valence-corrected chi connectivity index (χ0v) is 10.0. The summed E-state index contributed by atoms with van der Waals surface area (Å²) < 4.78 is 43.6. The van der Waals surface area contributed by atoms with Crippen LogP contribution < -0.4 is 5.73 Å². The van der Waals surface area contributed by atoms with Crippen molar-refractivity contribution in [1.29, 1.82) is 0 Å². The summed E-state index contributed by atoms with van der Waals surface area (Å²) in [5.41, 5.74) is 4.67. The fraction of sp³-hybridized carbons (Fsp3) is 0.417. The molecule has 0 unspecified atom stereocenters. The molecule has 0 atom stereocenters. The minimum absolute atomic E-state index is 0.0388. The highest BCUT2D eigenvalue weighted by molar-refractivity contribution is 5.78. The van der Waals surface area contributed by atoms with Crippen LogP contribution in [-0.4, -0.2) is 30.6 Å². The van der Waals surface area contributed by atoms with Crippen LogP contribution >= 0.6 is 0 Å². The Balaban J connectivity index is 2.27. The molecule has 1 fully saturated rings. The third kappa shape index (κ3) is 3.17. The second-order valence-corrected chi connectivity index (χ2v) is 4.28. The normalized spacial score (nSPS) is 16.8. The Morgan fingerprint density at radius 3 is 2.74 bits per heavy atom. The SMILES string of the molecule is Nc1ccc(CN2CCOCC2=O)c(C(F)(F)F)c1. The maximum absolute atomic E-state index is 12.9. The third-order valence-corrected chi connectivity index (χ3v) is 2.88. The van der Waals surface area contributed by atoms with E-state index >= 15 is 0 Å². The average Bonchev–Trinajstić information content (AvgIpc) is 2.33. The Hall–Kier alpha value is -1.76. The first-order valence-corrected chi connectivity index (χ1v) is 5.69. The summed E-state index contributed by atoms with van der Waals surface area (Å²) in [6, 6.07) is 3.59. The first kappa shape index (κ1) is 13.7. The molecular formula is C12H13F3N2O2. The summed E-state index contributed by atoms with van der Waals surface area (Å²) in [4.78, 5) is 12.9. The average molecular weight is 274 g/mol. The van der Waals surface area contributed by atoms with Crippen molar-refractivity contribution in [2.45, 2.75) is 12.7 Å². The molecule has 2 N–H and O–H groups in total. The summed E-state index contributed by atoms with van der Waals surface area (Å²) in [5.74, 6) is -0.309. The summed E-state index contributed by atoms with van der Waals surface area (Å²) in [7, 11) is 0. The van der Waals surface area contributed by atoms with Gasteiger partial charge in [0.25, 0.3) is 0 Å². The maximum Gasteiger partial charge on any atom is 0.416 e. The number of carbonyl (C=O) groups excluding carboxylic acids is 1. The number of halogens is 3. The van der Waals surface area contributed by atoms with Gasteiger partial charge in [-0.3, -0.25) is 4.79 Å². The number of morpholine rings is 1. The predicted molar refractivity (Wildman–Crippen MR) is 62.1 cm³/mol. The number of hydrogen-bond donors (Lipinski definition) is 1. The molecule has 0 aromatic heterocycles. The second-order valence-electron chi connectivity index (χ2n) is 4.28. The highest BCUT2D eigenvalue weighted by atomic mass is 19.4. The Morgan fingerprint density at radius 1 is 1.37 bits per heavy atom. The molecule has 104 valence electrons. The number of benzene rings is 1.